The number of benzene rings is 1. The molecule has 4 amide bonds. The van der Waals surface area contributed by atoms with Gasteiger partial charge in [0.05, 0.1) is 6.54 Å². The van der Waals surface area contributed by atoms with E-state index in [9.17, 15) is 22.8 Å². The number of hydrogen-bond acceptors (Lipinski definition) is 7. The smallest absolute Gasteiger partial charge is 0.317 e. The molecule has 14 heteroatoms. The highest BCUT2D eigenvalue weighted by molar-refractivity contribution is 7.91. The lowest BCUT2D eigenvalue weighted by atomic mass is 10.1. The number of piperidine rings is 1. The number of likely N-dealkylation sites (N-methyl/N-ethyl adjacent to an activating group) is 1. The van der Waals surface area contributed by atoms with E-state index in [1.165, 1.54) is 4.90 Å². The number of amides is 4. The van der Waals surface area contributed by atoms with Gasteiger partial charge in [0.25, 0.3) is 10.0 Å². The largest absolute Gasteiger partial charge is 0.341 e. The number of carbonyl (C=O) groups excluding carboxylic acids is 3. The van der Waals surface area contributed by atoms with Crippen molar-refractivity contribution in [1.29, 1.82) is 0 Å². The Bertz CT molecular complexity index is 1420. The second kappa shape index (κ2) is 12.4. The molecule has 1 unspecified atom stereocenters. The summed E-state index contributed by atoms with van der Waals surface area (Å²) in [4.78, 5) is 46.1. The van der Waals surface area contributed by atoms with Crippen LogP contribution in [-0.4, -0.2) is 117 Å². The maximum Gasteiger partial charge on any atom is 0.317 e. The van der Waals surface area contributed by atoms with Crippen LogP contribution in [0.4, 0.5) is 4.79 Å². The maximum absolute atomic E-state index is 13.4. The van der Waals surface area contributed by atoms with Crippen molar-refractivity contribution in [1.82, 2.24) is 29.6 Å². The van der Waals surface area contributed by atoms with E-state index in [2.05, 4.69) is 14.9 Å². The number of carbonyl (C=O) groups is 3. The molecule has 2 aromatic rings. The Kier molecular flexibility index (Phi) is 9.10. The van der Waals surface area contributed by atoms with E-state index in [-0.39, 0.29) is 40.7 Å². The first-order chi connectivity index (χ1) is 19.6. The number of nitrogens with one attached hydrogen (secondary N) is 2. The Balaban J connectivity index is 1.17. The van der Waals surface area contributed by atoms with Crippen LogP contribution in [0.5, 0.6) is 0 Å². The molecule has 0 bridgehead atoms. The highest BCUT2D eigenvalue weighted by atomic mass is 35.5. The van der Waals surface area contributed by atoms with Crippen molar-refractivity contribution in [3.05, 3.63) is 29.3 Å². The van der Waals surface area contributed by atoms with Gasteiger partial charge >= 0.3 is 6.03 Å². The second-order valence-electron chi connectivity index (χ2n) is 11.1. The van der Waals surface area contributed by atoms with Crippen LogP contribution in [0.15, 0.2) is 28.5 Å². The molecule has 0 spiro atoms. The lowest BCUT2D eigenvalue weighted by Crippen LogP contribution is -2.55. The molecule has 3 fully saturated rings. The molecule has 3 atom stereocenters. The molecule has 3 aliphatic rings. The molecule has 224 valence electrons. The van der Waals surface area contributed by atoms with Gasteiger partial charge < -0.3 is 20.0 Å². The molecule has 0 saturated carbocycles. The van der Waals surface area contributed by atoms with Gasteiger partial charge in [-0.2, -0.15) is 4.72 Å². The number of halogens is 1. The van der Waals surface area contributed by atoms with E-state index < -0.39 is 16.1 Å². The summed E-state index contributed by atoms with van der Waals surface area (Å²) < 4.78 is 29.8. The normalized spacial score (nSPS) is 23.9. The summed E-state index contributed by atoms with van der Waals surface area (Å²) in [6, 6.07) is 5.94. The van der Waals surface area contributed by atoms with E-state index in [0.717, 1.165) is 60.3 Å². The first-order valence-electron chi connectivity index (χ1n) is 14.0. The van der Waals surface area contributed by atoms with Crippen molar-refractivity contribution in [3.8, 4) is 0 Å². The monoisotopic (exact) mass is 624 g/mol. The van der Waals surface area contributed by atoms with Crippen molar-refractivity contribution in [2.24, 2.45) is 0 Å². The van der Waals surface area contributed by atoms with Gasteiger partial charge in [0.1, 0.15) is 10.3 Å². The zero-order chi connectivity index (χ0) is 29.3. The van der Waals surface area contributed by atoms with Crippen molar-refractivity contribution in [3.63, 3.8) is 0 Å². The van der Waals surface area contributed by atoms with Gasteiger partial charge in [-0.25, -0.2) is 13.2 Å². The Labute approximate surface area is 249 Å². The minimum Gasteiger partial charge on any atom is -0.341 e. The highest BCUT2D eigenvalue weighted by Crippen LogP contribution is 2.31. The molecule has 41 heavy (non-hydrogen) atoms. The number of sulfonamides is 1. The van der Waals surface area contributed by atoms with E-state index in [4.69, 9.17) is 11.6 Å². The third-order valence-corrected chi connectivity index (χ3v) is 11.7. The number of fused-ring (bicyclic) bond motifs is 1. The van der Waals surface area contributed by atoms with E-state index in [0.29, 0.717) is 31.0 Å². The summed E-state index contributed by atoms with van der Waals surface area (Å²) in [7, 11) is -0.496. The Morgan fingerprint density at radius 1 is 1.12 bits per heavy atom. The minimum atomic E-state index is -3.93. The second-order valence-corrected chi connectivity index (χ2v) is 14.5. The van der Waals surface area contributed by atoms with Crippen LogP contribution in [0.1, 0.15) is 32.1 Å². The third-order valence-electron chi connectivity index (χ3n) is 8.37. The summed E-state index contributed by atoms with van der Waals surface area (Å²) in [5.41, 5.74) is 0. The maximum atomic E-state index is 13.4. The van der Waals surface area contributed by atoms with Crippen molar-refractivity contribution < 1.29 is 22.8 Å². The van der Waals surface area contributed by atoms with Gasteiger partial charge in [0.15, 0.2) is 0 Å². The van der Waals surface area contributed by atoms with Crippen molar-refractivity contribution in [2.45, 2.75) is 54.4 Å². The Hall–Kier alpha value is -2.45. The van der Waals surface area contributed by atoms with Gasteiger partial charge in [-0.15, -0.1) is 11.3 Å². The molecular formula is C27H37ClN6O5S2. The van der Waals surface area contributed by atoms with Crippen LogP contribution >= 0.6 is 22.9 Å². The van der Waals surface area contributed by atoms with Crippen LogP contribution in [0.25, 0.3) is 10.1 Å². The fourth-order valence-electron chi connectivity index (χ4n) is 6.12. The number of thiophene rings is 1. The molecule has 11 nitrogen and oxygen atoms in total. The van der Waals surface area contributed by atoms with Crippen LogP contribution in [0, 0.1) is 0 Å². The van der Waals surface area contributed by atoms with Crippen molar-refractivity contribution >= 4 is 60.9 Å². The molecule has 3 saturated heterocycles. The molecule has 0 aliphatic carbocycles. The summed E-state index contributed by atoms with van der Waals surface area (Å²) in [6.45, 7) is 3.37. The van der Waals surface area contributed by atoms with Gasteiger partial charge in [-0.05, 0) is 61.8 Å². The van der Waals surface area contributed by atoms with Crippen LogP contribution in [0.3, 0.4) is 0 Å². The molecule has 3 aliphatic heterocycles. The summed E-state index contributed by atoms with van der Waals surface area (Å²) in [5.74, 6) is -0.475. The molecule has 1 aromatic carbocycles. The minimum absolute atomic E-state index is 0.0576. The number of nitrogens with zero attached hydrogens (tertiary/aromatic N) is 4. The topological polar surface area (TPSA) is 122 Å². The molecule has 1 aromatic heterocycles. The lowest BCUT2D eigenvalue weighted by molar-refractivity contribution is -0.143. The summed E-state index contributed by atoms with van der Waals surface area (Å²) >= 11 is 7.17. The predicted molar refractivity (Wildman–Crippen MR) is 159 cm³/mol. The van der Waals surface area contributed by atoms with E-state index in [1.54, 1.807) is 43.3 Å². The lowest BCUT2D eigenvalue weighted by Gasteiger charge is -2.35. The standard InChI is InChI=1S/C27H37ClN6O5S2/c1-29-27(37)31(2)20-9-12-32(15-20)16-21-5-3-11-34(21)24(35)17-33-10-4-6-22(26(33)36)30-41(38,39)25-14-18-13-19(28)7-8-23(18)40-25/h7-8,13-14,20-22,30H,3-6,9-12,15-17H2,1-2H3,(H,29,37)/t20?,21-,22-/m0/s1. The molecule has 2 N–H and O–H groups in total. The van der Waals surface area contributed by atoms with E-state index in [1.807, 2.05) is 4.90 Å². The quantitative estimate of drug-likeness (QED) is 0.464. The van der Waals surface area contributed by atoms with Gasteiger partial charge in [-0.1, -0.05) is 11.6 Å². The van der Waals surface area contributed by atoms with Gasteiger partial charge in [-0.3, -0.25) is 14.5 Å². The first kappa shape index (κ1) is 30.0. The predicted octanol–water partition coefficient (Wildman–Crippen LogP) is 2.16. The average Bonchev–Trinajstić information content (AvgIpc) is 3.70. The Morgan fingerprint density at radius 3 is 2.68 bits per heavy atom. The number of urea groups is 1. The fourth-order valence-corrected chi connectivity index (χ4v) is 8.92. The average molecular weight is 625 g/mol. The molecular weight excluding hydrogens is 588 g/mol. The molecule has 0 radical (unpaired) electrons. The number of likely N-dealkylation sites (tertiary alicyclic amines) is 3. The van der Waals surface area contributed by atoms with Crippen LogP contribution < -0.4 is 10.0 Å². The Morgan fingerprint density at radius 2 is 1.90 bits per heavy atom. The van der Waals surface area contributed by atoms with Gasteiger partial charge in [0.2, 0.25) is 11.8 Å². The van der Waals surface area contributed by atoms with Gasteiger partial charge in [0, 0.05) is 68.6 Å². The van der Waals surface area contributed by atoms with Crippen LogP contribution in [0.2, 0.25) is 5.02 Å². The summed E-state index contributed by atoms with van der Waals surface area (Å²) in [6.07, 6.45) is 3.68. The highest BCUT2D eigenvalue weighted by Gasteiger charge is 2.38. The summed E-state index contributed by atoms with van der Waals surface area (Å²) in [5, 5.41) is 3.92. The zero-order valence-corrected chi connectivity index (χ0v) is 25.7. The SMILES string of the molecule is CNC(=O)N(C)C1CCN(C[C@@H]2CCCN2C(=O)CN2CCC[C@H](NS(=O)(=O)c3cc4cc(Cl)ccc4s3)C2=O)C1. The number of hydrogen-bond donors (Lipinski definition) is 2. The molecule has 5 rings (SSSR count). The first-order valence-corrected chi connectivity index (χ1v) is 16.7. The number of rotatable bonds is 8. The molecule has 4 heterocycles. The third kappa shape index (κ3) is 6.64. The van der Waals surface area contributed by atoms with E-state index >= 15 is 0 Å². The fraction of sp³-hybridized carbons (Fsp3) is 0.593. The van der Waals surface area contributed by atoms with Crippen molar-refractivity contribution in [2.75, 3.05) is 53.4 Å². The van der Waals surface area contributed by atoms with Crippen LogP contribution in [-0.2, 0) is 19.6 Å². The zero-order valence-electron chi connectivity index (χ0n) is 23.3.